The zero-order valence-corrected chi connectivity index (χ0v) is 23.3. The molecule has 0 fully saturated rings. The van der Waals surface area contributed by atoms with Gasteiger partial charge in [-0.15, -0.1) is 0 Å². The van der Waals surface area contributed by atoms with Crippen molar-refractivity contribution in [3.63, 3.8) is 0 Å². The van der Waals surface area contributed by atoms with E-state index in [-0.39, 0.29) is 18.9 Å². The van der Waals surface area contributed by atoms with Crippen LogP contribution in [0.5, 0.6) is 0 Å². The van der Waals surface area contributed by atoms with Crippen LogP contribution in [0.15, 0.2) is 97.1 Å². The van der Waals surface area contributed by atoms with Crippen molar-refractivity contribution in [2.45, 2.75) is 19.4 Å². The van der Waals surface area contributed by atoms with E-state index in [1.165, 1.54) is 11.8 Å². The van der Waals surface area contributed by atoms with Gasteiger partial charge in [0, 0.05) is 5.56 Å². The van der Waals surface area contributed by atoms with Crippen molar-refractivity contribution in [1.82, 2.24) is 5.32 Å². The molecule has 1 N–H and O–H groups in total. The summed E-state index contributed by atoms with van der Waals surface area (Å²) in [6.45, 7) is 2.00. The second-order valence-electron chi connectivity index (χ2n) is 9.03. The molecule has 4 nitrogen and oxygen atoms in total. The first-order valence-corrected chi connectivity index (χ1v) is 13.9. The summed E-state index contributed by atoms with van der Waals surface area (Å²) in [6.07, 6.45) is 6.31. The van der Waals surface area contributed by atoms with Gasteiger partial charge >= 0.3 is 18.9 Å². The van der Waals surface area contributed by atoms with Crippen LogP contribution >= 0.6 is 11.8 Å². The number of hydrogen-bond acceptors (Lipinski definition) is 4. The van der Waals surface area contributed by atoms with Crippen LogP contribution < -0.4 is 29.3 Å². The maximum atomic E-state index is 13.3. The molecule has 0 radical (unpaired) electrons. The van der Waals surface area contributed by atoms with Gasteiger partial charge in [-0.05, 0) is 76.4 Å². The molecular formula is C33H30LiNO3S. The fourth-order valence-corrected chi connectivity index (χ4v) is 4.86. The van der Waals surface area contributed by atoms with Gasteiger partial charge in [0.2, 0.25) is 0 Å². The summed E-state index contributed by atoms with van der Waals surface area (Å²) in [6, 6.07) is 30.9. The fraction of sp³-hybridized carbons (Fsp3) is 0.152. The van der Waals surface area contributed by atoms with E-state index in [9.17, 15) is 14.7 Å². The predicted octanol–water partition coefficient (Wildman–Crippen LogP) is 3.10. The number of aliphatic carboxylic acids is 1. The molecule has 1 unspecified atom stereocenters. The molecule has 4 aromatic carbocycles. The van der Waals surface area contributed by atoms with Crippen molar-refractivity contribution in [1.29, 1.82) is 0 Å². The van der Waals surface area contributed by atoms with Crippen molar-refractivity contribution < 1.29 is 33.6 Å². The number of benzene rings is 4. The Balaban J connectivity index is 0.00000420. The summed E-state index contributed by atoms with van der Waals surface area (Å²) >= 11 is 1.53. The molecule has 4 rings (SSSR count). The predicted molar refractivity (Wildman–Crippen MR) is 157 cm³/mol. The third-order valence-electron chi connectivity index (χ3n) is 6.42. The van der Waals surface area contributed by atoms with E-state index in [1.807, 2.05) is 86.0 Å². The van der Waals surface area contributed by atoms with Gasteiger partial charge in [0.15, 0.2) is 0 Å². The fourth-order valence-electron chi connectivity index (χ4n) is 4.39. The molecule has 0 aliphatic rings. The first kappa shape index (κ1) is 30.1. The zero-order valence-electron chi connectivity index (χ0n) is 22.5. The Labute approximate surface area is 246 Å². The SMILES string of the molecule is CSCCC(NC(=O)c1ccc(/C=C/c2ccccc2-c2ccccc2)cc1-c1ccccc1C)C(=O)[O-].[Li+]. The quantitative estimate of drug-likeness (QED) is 0.254. The first-order chi connectivity index (χ1) is 18.5. The molecule has 4 aromatic rings. The van der Waals surface area contributed by atoms with Crippen molar-refractivity contribution in [3.05, 3.63) is 119 Å². The topological polar surface area (TPSA) is 69.2 Å². The second kappa shape index (κ2) is 14.6. The Kier molecular flexibility index (Phi) is 11.3. The minimum absolute atomic E-state index is 0. The number of carboxylic acid groups (broad SMARTS) is 1. The van der Waals surface area contributed by atoms with Crippen LogP contribution in [-0.2, 0) is 4.79 Å². The molecular weight excluding hydrogens is 497 g/mol. The number of carboxylic acids is 1. The van der Waals surface area contributed by atoms with E-state index in [1.54, 1.807) is 6.07 Å². The molecule has 0 saturated heterocycles. The van der Waals surface area contributed by atoms with Crippen molar-refractivity contribution >= 4 is 35.8 Å². The summed E-state index contributed by atoms with van der Waals surface area (Å²) in [5.41, 5.74) is 7.42. The molecule has 0 aliphatic heterocycles. The number of aryl methyl sites for hydroxylation is 1. The van der Waals surface area contributed by atoms with Crippen LogP contribution in [0.2, 0.25) is 0 Å². The van der Waals surface area contributed by atoms with Crippen LogP contribution in [-0.4, -0.2) is 29.9 Å². The number of rotatable bonds is 10. The molecule has 0 saturated carbocycles. The first-order valence-electron chi connectivity index (χ1n) is 12.5. The molecule has 192 valence electrons. The van der Waals surface area contributed by atoms with Gasteiger partial charge in [0.1, 0.15) is 0 Å². The third kappa shape index (κ3) is 7.77. The maximum Gasteiger partial charge on any atom is 1.00 e. The minimum atomic E-state index is -1.28. The molecule has 0 heterocycles. The number of amides is 1. The van der Waals surface area contributed by atoms with Gasteiger partial charge in [-0.1, -0.05) is 97.1 Å². The normalized spacial score (nSPS) is 11.5. The summed E-state index contributed by atoms with van der Waals surface area (Å²) in [4.78, 5) is 24.9. The number of hydrogen-bond donors (Lipinski definition) is 1. The molecule has 1 atom stereocenters. The molecule has 39 heavy (non-hydrogen) atoms. The largest absolute Gasteiger partial charge is 1.00 e. The van der Waals surface area contributed by atoms with Crippen molar-refractivity contribution in [3.8, 4) is 22.3 Å². The number of carbonyl (C=O) groups is 2. The Morgan fingerprint density at radius 3 is 2.21 bits per heavy atom. The number of nitrogens with one attached hydrogen (secondary N) is 1. The van der Waals surface area contributed by atoms with Gasteiger partial charge in [-0.3, -0.25) is 4.79 Å². The summed E-state index contributed by atoms with van der Waals surface area (Å²) < 4.78 is 0. The minimum Gasteiger partial charge on any atom is -0.548 e. The van der Waals surface area contributed by atoms with Gasteiger partial charge in [-0.2, -0.15) is 11.8 Å². The molecule has 0 spiro atoms. The Hall–Kier alpha value is -3.49. The average Bonchev–Trinajstić information content (AvgIpc) is 2.94. The van der Waals surface area contributed by atoms with Crippen molar-refractivity contribution in [2.24, 2.45) is 0 Å². The van der Waals surface area contributed by atoms with Crippen LogP contribution in [0, 0.1) is 6.92 Å². The zero-order chi connectivity index (χ0) is 26.9. The maximum absolute atomic E-state index is 13.3. The monoisotopic (exact) mass is 527 g/mol. The number of carbonyl (C=O) groups excluding carboxylic acids is 2. The molecule has 1 amide bonds. The van der Waals surface area contributed by atoms with Gasteiger partial charge in [-0.25, -0.2) is 0 Å². The van der Waals surface area contributed by atoms with Crippen molar-refractivity contribution in [2.75, 3.05) is 12.0 Å². The van der Waals surface area contributed by atoms with E-state index in [4.69, 9.17) is 0 Å². The molecule has 0 aromatic heterocycles. The van der Waals surface area contributed by atoms with Crippen LogP contribution in [0.25, 0.3) is 34.4 Å². The van der Waals surface area contributed by atoms with Crippen LogP contribution in [0.3, 0.4) is 0 Å². The molecule has 0 bridgehead atoms. The van der Waals surface area contributed by atoms with E-state index in [0.29, 0.717) is 17.7 Å². The van der Waals surface area contributed by atoms with Gasteiger partial charge in [0.25, 0.3) is 5.91 Å². The molecule has 6 heteroatoms. The second-order valence-corrected chi connectivity index (χ2v) is 10.0. The summed E-state index contributed by atoms with van der Waals surface area (Å²) in [7, 11) is 0. The Bertz CT molecular complexity index is 1450. The van der Waals surface area contributed by atoms with Crippen LogP contribution in [0.4, 0.5) is 0 Å². The van der Waals surface area contributed by atoms with E-state index < -0.39 is 17.9 Å². The standard InChI is InChI=1S/C33H31NO3S.Li/c1-23-10-6-8-14-27(23)30-22-24(17-19-29(30)32(35)34-31(33(36)37)20-21-38-2)16-18-26-13-7-9-15-28(26)25-11-4-3-5-12-25;/h3-19,22,31H,20-21H2,1-2H3,(H,34,35)(H,36,37);/q;+1/p-1/b18-16+;. The Morgan fingerprint density at radius 2 is 1.51 bits per heavy atom. The summed E-state index contributed by atoms with van der Waals surface area (Å²) in [5.74, 6) is -1.09. The van der Waals surface area contributed by atoms with E-state index in [0.717, 1.165) is 38.9 Å². The smallest absolute Gasteiger partial charge is 0.548 e. The summed E-state index contributed by atoms with van der Waals surface area (Å²) in [5, 5.41) is 14.3. The Morgan fingerprint density at radius 1 is 0.846 bits per heavy atom. The molecule has 0 aliphatic carbocycles. The number of thioether (sulfide) groups is 1. The van der Waals surface area contributed by atoms with Gasteiger partial charge < -0.3 is 15.2 Å². The van der Waals surface area contributed by atoms with Gasteiger partial charge in [0.05, 0.1) is 12.0 Å². The van der Waals surface area contributed by atoms with Crippen LogP contribution in [0.1, 0.15) is 33.5 Å². The van der Waals surface area contributed by atoms with E-state index in [2.05, 4.69) is 35.7 Å². The third-order valence-corrected chi connectivity index (χ3v) is 7.07. The van der Waals surface area contributed by atoms with E-state index >= 15 is 0 Å². The average molecular weight is 528 g/mol.